The molecule has 1 atom stereocenters. The van der Waals surface area contributed by atoms with Gasteiger partial charge in [-0.3, -0.25) is 9.59 Å². The molecule has 21 heavy (non-hydrogen) atoms. The van der Waals surface area contributed by atoms with Crippen molar-refractivity contribution in [1.29, 1.82) is 0 Å². The van der Waals surface area contributed by atoms with Crippen molar-refractivity contribution in [2.24, 2.45) is 5.92 Å². The lowest BCUT2D eigenvalue weighted by atomic mass is 9.90. The van der Waals surface area contributed by atoms with Gasteiger partial charge in [0.25, 0.3) is 0 Å². The van der Waals surface area contributed by atoms with Crippen molar-refractivity contribution >= 4 is 17.8 Å². The lowest BCUT2D eigenvalue weighted by Crippen LogP contribution is -2.44. The molecule has 6 nitrogen and oxygen atoms in total. The Kier molecular flexibility index (Phi) is 7.79. The van der Waals surface area contributed by atoms with E-state index in [1.807, 2.05) is 0 Å². The van der Waals surface area contributed by atoms with Gasteiger partial charge in [0, 0.05) is 12.3 Å². The normalized spacial score (nSPS) is 18.1. The van der Waals surface area contributed by atoms with Gasteiger partial charge in [0.05, 0.1) is 7.11 Å². The van der Waals surface area contributed by atoms with Crippen LogP contribution in [0, 0.1) is 5.92 Å². The molecular formula is C15H25NO5. The summed E-state index contributed by atoms with van der Waals surface area (Å²) in [5, 5.41) is 11.7. The van der Waals surface area contributed by atoms with E-state index in [9.17, 15) is 14.4 Å². The molecule has 1 fully saturated rings. The minimum absolute atomic E-state index is 0.0155. The molecule has 0 unspecified atom stereocenters. The minimum Gasteiger partial charge on any atom is -0.480 e. The Morgan fingerprint density at radius 2 is 1.71 bits per heavy atom. The minimum atomic E-state index is -1.11. The number of carbonyl (C=O) groups excluding carboxylic acids is 2. The van der Waals surface area contributed by atoms with E-state index >= 15 is 0 Å². The third kappa shape index (κ3) is 6.60. The summed E-state index contributed by atoms with van der Waals surface area (Å²) in [5.74, 6) is -1.89. The predicted molar refractivity (Wildman–Crippen MR) is 76.6 cm³/mol. The number of aliphatic carboxylic acids is 1. The van der Waals surface area contributed by atoms with Gasteiger partial charge in [-0.05, 0) is 19.3 Å². The number of hydrogen-bond acceptors (Lipinski definition) is 4. The monoisotopic (exact) mass is 299 g/mol. The number of carboxylic acids is 1. The summed E-state index contributed by atoms with van der Waals surface area (Å²) in [6.07, 6.45) is 7.17. The van der Waals surface area contributed by atoms with Gasteiger partial charge >= 0.3 is 11.9 Å². The molecule has 0 aromatic carbocycles. The Bertz CT molecular complexity index is 361. The number of hydrogen-bond donors (Lipinski definition) is 2. The van der Waals surface area contributed by atoms with E-state index in [4.69, 9.17) is 5.11 Å². The van der Waals surface area contributed by atoms with Crippen LogP contribution in [0.4, 0.5) is 0 Å². The highest BCUT2D eigenvalue weighted by Gasteiger charge is 2.26. The van der Waals surface area contributed by atoms with Gasteiger partial charge < -0.3 is 15.2 Å². The lowest BCUT2D eigenvalue weighted by Gasteiger charge is -2.21. The van der Waals surface area contributed by atoms with Crippen LogP contribution >= 0.6 is 0 Å². The first-order valence-corrected chi connectivity index (χ1v) is 7.64. The number of nitrogens with one attached hydrogen (secondary N) is 1. The molecule has 1 amide bonds. The Labute approximate surface area is 125 Å². The standard InChI is InChI=1S/C15H25NO5/c1-21-13(17)10-9-12(15(19)20)16-14(18)11-7-5-3-2-4-6-8-11/h11-12H,2-10H2,1H3,(H,16,18)(H,19,20)/t12-/m1/s1. The van der Waals surface area contributed by atoms with E-state index in [2.05, 4.69) is 10.1 Å². The SMILES string of the molecule is COC(=O)CC[C@@H](NC(=O)C1CCCCCCC1)C(=O)O. The molecular weight excluding hydrogens is 274 g/mol. The smallest absolute Gasteiger partial charge is 0.326 e. The van der Waals surface area contributed by atoms with E-state index < -0.39 is 18.0 Å². The van der Waals surface area contributed by atoms with Crippen LogP contribution in [0.25, 0.3) is 0 Å². The number of carbonyl (C=O) groups is 3. The van der Waals surface area contributed by atoms with E-state index in [1.54, 1.807) is 0 Å². The first-order chi connectivity index (χ1) is 10.0. The zero-order valence-electron chi connectivity index (χ0n) is 12.6. The molecule has 0 spiro atoms. The first kappa shape index (κ1) is 17.5. The quantitative estimate of drug-likeness (QED) is 0.730. The first-order valence-electron chi connectivity index (χ1n) is 7.64. The number of rotatable bonds is 6. The molecule has 1 rings (SSSR count). The highest BCUT2D eigenvalue weighted by molar-refractivity contribution is 5.85. The molecule has 0 aliphatic heterocycles. The molecule has 2 N–H and O–H groups in total. The fourth-order valence-electron chi connectivity index (χ4n) is 2.63. The zero-order valence-corrected chi connectivity index (χ0v) is 12.6. The summed E-state index contributed by atoms with van der Waals surface area (Å²) in [6, 6.07) is -1.03. The van der Waals surface area contributed by atoms with Gasteiger partial charge in [0.1, 0.15) is 6.04 Å². The second-order valence-corrected chi connectivity index (χ2v) is 5.56. The third-order valence-corrected chi connectivity index (χ3v) is 3.96. The zero-order chi connectivity index (χ0) is 15.7. The molecule has 0 heterocycles. The van der Waals surface area contributed by atoms with E-state index in [-0.39, 0.29) is 24.7 Å². The van der Waals surface area contributed by atoms with Gasteiger partial charge in [0.2, 0.25) is 5.91 Å². The number of methoxy groups -OCH3 is 1. The van der Waals surface area contributed by atoms with Crippen LogP contribution < -0.4 is 5.32 Å². The maximum Gasteiger partial charge on any atom is 0.326 e. The fraction of sp³-hybridized carbons (Fsp3) is 0.800. The molecule has 0 saturated heterocycles. The van der Waals surface area contributed by atoms with Crippen molar-refractivity contribution in [3.05, 3.63) is 0 Å². The molecule has 0 bridgehead atoms. The maximum absolute atomic E-state index is 12.2. The van der Waals surface area contributed by atoms with Crippen molar-refractivity contribution in [3.8, 4) is 0 Å². The second kappa shape index (κ2) is 9.37. The van der Waals surface area contributed by atoms with Crippen molar-refractivity contribution in [3.63, 3.8) is 0 Å². The van der Waals surface area contributed by atoms with E-state index in [1.165, 1.54) is 13.5 Å². The number of ether oxygens (including phenoxy) is 1. The van der Waals surface area contributed by atoms with Crippen LogP contribution in [0.1, 0.15) is 57.8 Å². The van der Waals surface area contributed by atoms with E-state index in [0.717, 1.165) is 38.5 Å². The highest BCUT2D eigenvalue weighted by Crippen LogP contribution is 2.22. The molecule has 1 saturated carbocycles. The third-order valence-electron chi connectivity index (χ3n) is 3.96. The van der Waals surface area contributed by atoms with Crippen molar-refractivity contribution in [2.45, 2.75) is 63.8 Å². The van der Waals surface area contributed by atoms with Crippen molar-refractivity contribution < 1.29 is 24.2 Å². The largest absolute Gasteiger partial charge is 0.480 e. The number of carboxylic acid groups (broad SMARTS) is 1. The molecule has 6 heteroatoms. The van der Waals surface area contributed by atoms with Crippen molar-refractivity contribution in [2.75, 3.05) is 7.11 Å². The van der Waals surface area contributed by atoms with E-state index in [0.29, 0.717) is 0 Å². The molecule has 120 valence electrons. The predicted octanol–water partition coefficient (Wildman–Crippen LogP) is 1.87. The lowest BCUT2D eigenvalue weighted by molar-refractivity contribution is -0.144. The summed E-state index contributed by atoms with van der Waals surface area (Å²) in [4.78, 5) is 34.5. The molecule has 1 aliphatic rings. The Balaban J connectivity index is 2.50. The average molecular weight is 299 g/mol. The van der Waals surface area contributed by atoms with Crippen LogP contribution in [0.5, 0.6) is 0 Å². The van der Waals surface area contributed by atoms with Crippen LogP contribution in [-0.2, 0) is 19.1 Å². The summed E-state index contributed by atoms with van der Waals surface area (Å²) in [5.41, 5.74) is 0. The molecule has 0 radical (unpaired) electrons. The Morgan fingerprint density at radius 1 is 1.14 bits per heavy atom. The van der Waals surface area contributed by atoms with Gasteiger partial charge in [-0.1, -0.05) is 32.1 Å². The van der Waals surface area contributed by atoms with Gasteiger partial charge in [-0.25, -0.2) is 4.79 Å². The summed E-state index contributed by atoms with van der Waals surface area (Å²) in [6.45, 7) is 0. The van der Waals surface area contributed by atoms with Crippen molar-refractivity contribution in [1.82, 2.24) is 5.32 Å². The molecule has 1 aliphatic carbocycles. The summed E-state index contributed by atoms with van der Waals surface area (Å²) in [7, 11) is 1.26. The van der Waals surface area contributed by atoms with Gasteiger partial charge in [-0.15, -0.1) is 0 Å². The highest BCUT2D eigenvalue weighted by atomic mass is 16.5. The molecule has 0 aromatic rings. The summed E-state index contributed by atoms with van der Waals surface area (Å²) < 4.78 is 4.49. The van der Waals surface area contributed by atoms with Gasteiger partial charge in [-0.2, -0.15) is 0 Å². The van der Waals surface area contributed by atoms with Crippen LogP contribution in [-0.4, -0.2) is 36.1 Å². The van der Waals surface area contributed by atoms with Gasteiger partial charge in [0.15, 0.2) is 0 Å². The maximum atomic E-state index is 12.2. The second-order valence-electron chi connectivity index (χ2n) is 5.56. The van der Waals surface area contributed by atoms with Crippen LogP contribution in [0.3, 0.4) is 0 Å². The fourth-order valence-corrected chi connectivity index (χ4v) is 2.63. The average Bonchev–Trinajstić information content (AvgIpc) is 2.41. The Hall–Kier alpha value is -1.59. The molecule has 0 aromatic heterocycles. The topological polar surface area (TPSA) is 92.7 Å². The Morgan fingerprint density at radius 3 is 2.24 bits per heavy atom. The number of amides is 1. The number of esters is 1. The van der Waals surface area contributed by atoms with Crippen LogP contribution in [0.2, 0.25) is 0 Å². The summed E-state index contributed by atoms with van der Waals surface area (Å²) >= 11 is 0. The van der Waals surface area contributed by atoms with Crippen LogP contribution in [0.15, 0.2) is 0 Å².